The number of carbonyl (C=O) groups excluding carboxylic acids is 1. The fourth-order valence-electron chi connectivity index (χ4n) is 2.38. The highest BCUT2D eigenvalue weighted by molar-refractivity contribution is 5.90. The van der Waals surface area contributed by atoms with E-state index in [2.05, 4.69) is 20.4 Å². The molecule has 0 saturated heterocycles. The first-order chi connectivity index (χ1) is 13.0. The summed E-state index contributed by atoms with van der Waals surface area (Å²) in [7, 11) is 5.43. The molecule has 0 saturated carbocycles. The molecule has 0 aliphatic carbocycles. The number of rotatable bonds is 7. The molecule has 0 aliphatic heterocycles. The molecule has 2 aromatic heterocycles. The van der Waals surface area contributed by atoms with E-state index in [1.807, 2.05) is 55.4 Å². The topological polar surface area (TPSA) is 93.4 Å². The van der Waals surface area contributed by atoms with E-state index in [4.69, 9.17) is 9.26 Å². The van der Waals surface area contributed by atoms with Crippen LogP contribution in [-0.4, -0.2) is 42.2 Å². The Morgan fingerprint density at radius 3 is 2.59 bits per heavy atom. The standard InChI is InChI=1S/C19H21N5O3/c1-24(2)16-9-6-14(12-20-16)21-17(25)10-11-18-22-19(23-27-18)13-4-7-15(26-3)8-5-13/h4-9,12H,10-11H2,1-3H3,(H,21,25). The van der Waals surface area contributed by atoms with E-state index in [0.29, 0.717) is 23.8 Å². The molecule has 1 aromatic carbocycles. The van der Waals surface area contributed by atoms with Gasteiger partial charge in [-0.3, -0.25) is 4.79 Å². The van der Waals surface area contributed by atoms with E-state index in [0.717, 1.165) is 17.1 Å². The van der Waals surface area contributed by atoms with Crippen LogP contribution in [0.2, 0.25) is 0 Å². The van der Waals surface area contributed by atoms with Gasteiger partial charge in [-0.05, 0) is 36.4 Å². The third-order valence-corrected chi connectivity index (χ3v) is 3.87. The zero-order valence-corrected chi connectivity index (χ0v) is 15.5. The summed E-state index contributed by atoms with van der Waals surface area (Å²) in [5.41, 5.74) is 1.47. The molecule has 0 unspecified atom stereocenters. The van der Waals surface area contributed by atoms with Gasteiger partial charge in [0.2, 0.25) is 17.6 Å². The molecule has 0 bridgehead atoms. The van der Waals surface area contributed by atoms with Crippen molar-refractivity contribution in [2.75, 3.05) is 31.4 Å². The summed E-state index contributed by atoms with van der Waals surface area (Å²) in [5, 5.41) is 6.76. The van der Waals surface area contributed by atoms with Gasteiger partial charge in [-0.2, -0.15) is 4.98 Å². The lowest BCUT2D eigenvalue weighted by molar-refractivity contribution is -0.116. The van der Waals surface area contributed by atoms with Gasteiger partial charge in [0.15, 0.2) is 0 Å². The molecule has 1 amide bonds. The summed E-state index contributed by atoms with van der Waals surface area (Å²) in [6.07, 6.45) is 2.22. The summed E-state index contributed by atoms with van der Waals surface area (Å²) < 4.78 is 10.4. The zero-order valence-electron chi connectivity index (χ0n) is 15.5. The van der Waals surface area contributed by atoms with Crippen LogP contribution in [0.1, 0.15) is 12.3 Å². The van der Waals surface area contributed by atoms with Gasteiger partial charge < -0.3 is 19.5 Å². The molecule has 1 N–H and O–H groups in total. The molecule has 8 heteroatoms. The van der Waals surface area contributed by atoms with Gasteiger partial charge in [-0.15, -0.1) is 0 Å². The monoisotopic (exact) mass is 367 g/mol. The van der Waals surface area contributed by atoms with Crippen LogP contribution < -0.4 is 15.0 Å². The average Bonchev–Trinajstić information content (AvgIpc) is 3.16. The SMILES string of the molecule is COc1ccc(-c2noc(CCC(=O)Nc3ccc(N(C)C)nc3)n2)cc1. The first-order valence-corrected chi connectivity index (χ1v) is 8.45. The van der Waals surface area contributed by atoms with Crippen LogP contribution >= 0.6 is 0 Å². The van der Waals surface area contributed by atoms with Gasteiger partial charge in [0.05, 0.1) is 19.0 Å². The average molecular weight is 367 g/mol. The van der Waals surface area contributed by atoms with Gasteiger partial charge in [0.25, 0.3) is 0 Å². The Morgan fingerprint density at radius 1 is 1.19 bits per heavy atom. The number of hydrogen-bond acceptors (Lipinski definition) is 7. The fraction of sp³-hybridized carbons (Fsp3) is 0.263. The maximum absolute atomic E-state index is 12.1. The van der Waals surface area contributed by atoms with Crippen LogP contribution in [0.3, 0.4) is 0 Å². The first-order valence-electron chi connectivity index (χ1n) is 8.45. The molecule has 0 fully saturated rings. The maximum Gasteiger partial charge on any atom is 0.227 e. The van der Waals surface area contributed by atoms with Crippen molar-refractivity contribution in [2.45, 2.75) is 12.8 Å². The molecule has 8 nitrogen and oxygen atoms in total. The van der Waals surface area contributed by atoms with Crippen molar-refractivity contribution in [1.29, 1.82) is 0 Å². The second kappa shape index (κ2) is 8.31. The minimum absolute atomic E-state index is 0.140. The van der Waals surface area contributed by atoms with E-state index < -0.39 is 0 Å². The molecule has 0 spiro atoms. The Hall–Kier alpha value is -3.42. The van der Waals surface area contributed by atoms with Crippen molar-refractivity contribution in [3.63, 3.8) is 0 Å². The van der Waals surface area contributed by atoms with E-state index in [1.54, 1.807) is 13.3 Å². The first kappa shape index (κ1) is 18.4. The van der Waals surface area contributed by atoms with E-state index in [-0.39, 0.29) is 12.3 Å². The van der Waals surface area contributed by atoms with Gasteiger partial charge in [0.1, 0.15) is 11.6 Å². The fourth-order valence-corrected chi connectivity index (χ4v) is 2.38. The van der Waals surface area contributed by atoms with Crippen LogP contribution in [0.25, 0.3) is 11.4 Å². The van der Waals surface area contributed by atoms with Crippen LogP contribution in [0.5, 0.6) is 5.75 Å². The number of carbonyl (C=O) groups is 1. The predicted octanol–water partition coefficient (Wildman–Crippen LogP) is 2.78. The maximum atomic E-state index is 12.1. The number of benzene rings is 1. The van der Waals surface area contributed by atoms with Gasteiger partial charge in [-0.25, -0.2) is 4.98 Å². The molecule has 2 heterocycles. The second-order valence-corrected chi connectivity index (χ2v) is 6.09. The lowest BCUT2D eigenvalue weighted by atomic mass is 10.2. The highest BCUT2D eigenvalue weighted by Crippen LogP contribution is 2.20. The molecule has 0 atom stereocenters. The number of pyridine rings is 1. The Balaban J connectivity index is 1.53. The van der Waals surface area contributed by atoms with Crippen molar-refractivity contribution in [3.05, 3.63) is 48.5 Å². The number of nitrogens with zero attached hydrogens (tertiary/aromatic N) is 4. The molecular weight excluding hydrogens is 346 g/mol. The molecule has 3 aromatic rings. The smallest absolute Gasteiger partial charge is 0.227 e. The number of amides is 1. The molecule has 27 heavy (non-hydrogen) atoms. The van der Waals surface area contributed by atoms with Crippen molar-refractivity contribution in [3.8, 4) is 17.1 Å². The van der Waals surface area contributed by atoms with Crippen LogP contribution in [0.15, 0.2) is 47.1 Å². The number of anilines is 2. The van der Waals surface area contributed by atoms with Crippen LogP contribution in [0.4, 0.5) is 11.5 Å². The number of methoxy groups -OCH3 is 1. The third-order valence-electron chi connectivity index (χ3n) is 3.87. The Kier molecular flexibility index (Phi) is 5.65. The van der Waals surface area contributed by atoms with Crippen LogP contribution in [0, 0.1) is 0 Å². The minimum atomic E-state index is -0.140. The van der Waals surface area contributed by atoms with E-state index in [1.165, 1.54) is 0 Å². The highest BCUT2D eigenvalue weighted by atomic mass is 16.5. The lowest BCUT2D eigenvalue weighted by Crippen LogP contribution is -2.14. The zero-order chi connectivity index (χ0) is 19.2. The molecule has 0 radical (unpaired) electrons. The predicted molar refractivity (Wildman–Crippen MR) is 102 cm³/mol. The van der Waals surface area contributed by atoms with Gasteiger partial charge in [0, 0.05) is 32.5 Å². The normalized spacial score (nSPS) is 10.5. The largest absolute Gasteiger partial charge is 0.497 e. The highest BCUT2D eigenvalue weighted by Gasteiger charge is 2.11. The second-order valence-electron chi connectivity index (χ2n) is 6.09. The number of hydrogen-bond donors (Lipinski definition) is 1. The van der Waals surface area contributed by atoms with E-state index in [9.17, 15) is 4.79 Å². The summed E-state index contributed by atoms with van der Waals surface area (Å²) in [5.74, 6) is 2.34. The third kappa shape index (κ3) is 4.81. The summed E-state index contributed by atoms with van der Waals surface area (Å²) in [4.78, 5) is 22.6. The summed E-state index contributed by atoms with van der Waals surface area (Å²) in [6.45, 7) is 0. The van der Waals surface area contributed by atoms with Crippen molar-refractivity contribution in [2.24, 2.45) is 0 Å². The lowest BCUT2D eigenvalue weighted by Gasteiger charge is -2.11. The quantitative estimate of drug-likeness (QED) is 0.686. The Labute approximate surface area is 157 Å². The number of ether oxygens (including phenoxy) is 1. The number of aromatic nitrogens is 3. The molecule has 0 aliphatic rings. The number of nitrogens with one attached hydrogen (secondary N) is 1. The van der Waals surface area contributed by atoms with Crippen LogP contribution in [-0.2, 0) is 11.2 Å². The molecular formula is C19H21N5O3. The van der Waals surface area contributed by atoms with Crippen molar-refractivity contribution < 1.29 is 14.1 Å². The van der Waals surface area contributed by atoms with Gasteiger partial charge in [-0.1, -0.05) is 5.16 Å². The van der Waals surface area contributed by atoms with Crippen molar-refractivity contribution >= 4 is 17.4 Å². The molecule has 3 rings (SSSR count). The Morgan fingerprint density at radius 2 is 1.96 bits per heavy atom. The summed E-state index contributed by atoms with van der Waals surface area (Å²) in [6, 6.07) is 11.0. The van der Waals surface area contributed by atoms with Crippen molar-refractivity contribution in [1.82, 2.24) is 15.1 Å². The Bertz CT molecular complexity index is 888. The van der Waals surface area contributed by atoms with Gasteiger partial charge >= 0.3 is 0 Å². The summed E-state index contributed by atoms with van der Waals surface area (Å²) >= 11 is 0. The van der Waals surface area contributed by atoms with E-state index >= 15 is 0 Å². The number of aryl methyl sites for hydroxylation is 1. The minimum Gasteiger partial charge on any atom is -0.497 e. The molecule has 140 valence electrons.